The fourth-order valence-electron chi connectivity index (χ4n) is 3.87. The Kier molecular flexibility index (Phi) is 8.01. The third-order valence-corrected chi connectivity index (χ3v) is 7.07. The van der Waals surface area contributed by atoms with E-state index in [-0.39, 0.29) is 30.5 Å². The van der Waals surface area contributed by atoms with Gasteiger partial charge < -0.3 is 18.2 Å². The molecule has 0 saturated heterocycles. The van der Waals surface area contributed by atoms with Crippen LogP contribution in [0.2, 0.25) is 0 Å². The van der Waals surface area contributed by atoms with Crippen molar-refractivity contribution in [3.8, 4) is 11.5 Å². The lowest BCUT2D eigenvalue weighted by Crippen LogP contribution is -2.30. The first kappa shape index (κ1) is 27.8. The summed E-state index contributed by atoms with van der Waals surface area (Å²) in [6, 6.07) is 18.2. The van der Waals surface area contributed by atoms with Gasteiger partial charge in [0.15, 0.2) is 11.5 Å². The Hall–Kier alpha value is -4.25. The Morgan fingerprint density at radius 3 is 2.36 bits per heavy atom. The lowest BCUT2D eigenvalue weighted by Gasteiger charge is -2.23. The third kappa shape index (κ3) is 6.61. The van der Waals surface area contributed by atoms with Crippen molar-refractivity contribution in [3.05, 3.63) is 113 Å². The van der Waals surface area contributed by atoms with Crippen LogP contribution in [0.3, 0.4) is 0 Å². The fraction of sp³-hybridized carbons (Fsp3) is 0.179. The second-order valence-corrected chi connectivity index (χ2v) is 10.2. The molecule has 39 heavy (non-hydrogen) atoms. The number of amides is 1. The van der Waals surface area contributed by atoms with Crippen LogP contribution in [0.5, 0.6) is 11.5 Å². The van der Waals surface area contributed by atoms with Gasteiger partial charge in [-0.15, -0.1) is 0 Å². The lowest BCUT2D eigenvalue weighted by atomic mass is 10.1. The number of nitrogens with zero attached hydrogens (tertiary/aromatic N) is 1. The van der Waals surface area contributed by atoms with Crippen molar-refractivity contribution in [1.29, 1.82) is 0 Å². The number of aryl methyl sites for hydroxylation is 1. The molecular formula is C28H24F3NO6S. The van der Waals surface area contributed by atoms with E-state index >= 15 is 0 Å². The molecule has 0 spiro atoms. The van der Waals surface area contributed by atoms with E-state index in [4.69, 9.17) is 13.3 Å². The van der Waals surface area contributed by atoms with E-state index in [1.54, 1.807) is 30.3 Å². The standard InChI is InChI=1S/C28H24F3NO6S/c1-19-7-3-4-11-24(19)27(33)32(18-22-9-6-14-37-22)17-20-12-13-25(36-2)26(15-20)38-39(34,35)23-10-5-8-21(16-23)28(29,30)31/h3-16H,17-18H2,1-2H3. The Morgan fingerprint density at radius 1 is 0.923 bits per heavy atom. The summed E-state index contributed by atoms with van der Waals surface area (Å²) in [4.78, 5) is 14.3. The highest BCUT2D eigenvalue weighted by Crippen LogP contribution is 2.34. The molecule has 0 saturated carbocycles. The number of halogens is 3. The van der Waals surface area contributed by atoms with E-state index in [0.29, 0.717) is 23.0 Å². The molecule has 0 radical (unpaired) electrons. The van der Waals surface area contributed by atoms with Gasteiger partial charge >= 0.3 is 16.3 Å². The van der Waals surface area contributed by atoms with Gasteiger partial charge in [-0.05, 0) is 66.6 Å². The molecule has 1 heterocycles. The molecule has 7 nitrogen and oxygen atoms in total. The normalized spacial score (nSPS) is 11.7. The van der Waals surface area contributed by atoms with Crippen LogP contribution in [0.1, 0.15) is 32.8 Å². The minimum Gasteiger partial charge on any atom is -0.493 e. The predicted molar refractivity (Wildman–Crippen MR) is 136 cm³/mol. The van der Waals surface area contributed by atoms with E-state index in [9.17, 15) is 26.4 Å². The van der Waals surface area contributed by atoms with Crippen LogP contribution in [-0.2, 0) is 29.4 Å². The first-order chi connectivity index (χ1) is 18.5. The average molecular weight is 560 g/mol. The highest BCUT2D eigenvalue weighted by atomic mass is 32.2. The second-order valence-electron chi connectivity index (χ2n) is 8.60. The molecule has 0 aliphatic carbocycles. The number of hydrogen-bond acceptors (Lipinski definition) is 6. The zero-order valence-corrected chi connectivity index (χ0v) is 21.8. The smallest absolute Gasteiger partial charge is 0.416 e. The molecule has 0 N–H and O–H groups in total. The monoisotopic (exact) mass is 559 g/mol. The van der Waals surface area contributed by atoms with Crippen molar-refractivity contribution >= 4 is 16.0 Å². The second kappa shape index (κ2) is 11.2. The summed E-state index contributed by atoms with van der Waals surface area (Å²) in [6.45, 7) is 1.99. The van der Waals surface area contributed by atoms with Crippen molar-refractivity contribution in [2.45, 2.75) is 31.1 Å². The quantitative estimate of drug-likeness (QED) is 0.226. The molecule has 11 heteroatoms. The van der Waals surface area contributed by atoms with Crippen molar-refractivity contribution < 1.29 is 39.7 Å². The van der Waals surface area contributed by atoms with Gasteiger partial charge in [0.1, 0.15) is 10.7 Å². The van der Waals surface area contributed by atoms with Gasteiger partial charge in [-0.1, -0.05) is 30.3 Å². The molecular weight excluding hydrogens is 535 g/mol. The Balaban J connectivity index is 1.66. The van der Waals surface area contributed by atoms with Crippen LogP contribution in [0.15, 0.2) is 94.4 Å². The van der Waals surface area contributed by atoms with Crippen molar-refractivity contribution in [2.75, 3.05) is 7.11 Å². The average Bonchev–Trinajstić information content (AvgIpc) is 3.41. The minimum absolute atomic E-state index is 0.0390. The molecule has 1 amide bonds. The molecule has 0 unspecified atom stereocenters. The Labute approximate surface area is 223 Å². The number of methoxy groups -OCH3 is 1. The molecule has 0 aliphatic rings. The minimum atomic E-state index is -4.73. The Bertz CT molecular complexity index is 1570. The van der Waals surface area contributed by atoms with Crippen LogP contribution in [0, 0.1) is 6.92 Å². The number of carbonyl (C=O) groups is 1. The maximum absolute atomic E-state index is 13.5. The topological polar surface area (TPSA) is 86.0 Å². The maximum Gasteiger partial charge on any atom is 0.416 e. The number of carbonyl (C=O) groups excluding carboxylic acids is 1. The largest absolute Gasteiger partial charge is 0.493 e. The summed E-state index contributed by atoms with van der Waals surface area (Å²) < 4.78 is 81.1. The van der Waals surface area contributed by atoms with Crippen LogP contribution >= 0.6 is 0 Å². The predicted octanol–water partition coefficient (Wildman–Crippen LogP) is 6.23. The van der Waals surface area contributed by atoms with Gasteiger partial charge in [0.2, 0.25) is 0 Å². The zero-order valence-electron chi connectivity index (χ0n) is 20.9. The number of ether oxygens (including phenoxy) is 1. The molecule has 1 aromatic heterocycles. The van der Waals surface area contributed by atoms with Crippen LogP contribution < -0.4 is 8.92 Å². The van der Waals surface area contributed by atoms with Crippen LogP contribution in [0.25, 0.3) is 0 Å². The molecule has 204 valence electrons. The number of benzene rings is 3. The summed E-state index contributed by atoms with van der Waals surface area (Å²) in [7, 11) is -3.36. The molecule has 0 atom stereocenters. The fourth-order valence-corrected chi connectivity index (χ4v) is 4.85. The highest BCUT2D eigenvalue weighted by Gasteiger charge is 2.32. The molecule has 0 bridgehead atoms. The van der Waals surface area contributed by atoms with E-state index in [1.807, 2.05) is 19.1 Å². The summed E-state index contributed by atoms with van der Waals surface area (Å²) in [5.41, 5.74) is 0.619. The number of furan rings is 1. The summed E-state index contributed by atoms with van der Waals surface area (Å²) >= 11 is 0. The van der Waals surface area contributed by atoms with E-state index in [0.717, 1.165) is 23.8 Å². The van der Waals surface area contributed by atoms with Crippen molar-refractivity contribution in [1.82, 2.24) is 4.90 Å². The van der Waals surface area contributed by atoms with Gasteiger partial charge in [-0.3, -0.25) is 4.79 Å². The van der Waals surface area contributed by atoms with E-state index in [1.165, 1.54) is 30.4 Å². The van der Waals surface area contributed by atoms with Gasteiger partial charge in [0, 0.05) is 12.1 Å². The van der Waals surface area contributed by atoms with Gasteiger partial charge in [0.05, 0.1) is 25.5 Å². The zero-order chi connectivity index (χ0) is 28.2. The van der Waals surface area contributed by atoms with Crippen molar-refractivity contribution in [3.63, 3.8) is 0 Å². The summed E-state index contributed by atoms with van der Waals surface area (Å²) in [5.74, 6) is 0.0548. The van der Waals surface area contributed by atoms with E-state index < -0.39 is 26.8 Å². The molecule has 3 aromatic carbocycles. The summed E-state index contributed by atoms with van der Waals surface area (Å²) in [5, 5.41) is 0. The molecule has 4 rings (SSSR count). The lowest BCUT2D eigenvalue weighted by molar-refractivity contribution is -0.137. The number of alkyl halides is 3. The third-order valence-electron chi connectivity index (χ3n) is 5.84. The van der Waals surface area contributed by atoms with Crippen LogP contribution in [-0.4, -0.2) is 26.3 Å². The van der Waals surface area contributed by atoms with Gasteiger partial charge in [-0.25, -0.2) is 0 Å². The number of hydrogen-bond donors (Lipinski definition) is 0. The van der Waals surface area contributed by atoms with Gasteiger partial charge in [-0.2, -0.15) is 21.6 Å². The SMILES string of the molecule is COc1ccc(CN(Cc2ccco2)C(=O)c2ccccc2C)cc1OS(=O)(=O)c1cccc(C(F)(F)F)c1. The highest BCUT2D eigenvalue weighted by molar-refractivity contribution is 7.87. The van der Waals surface area contributed by atoms with Crippen LogP contribution in [0.4, 0.5) is 13.2 Å². The van der Waals surface area contributed by atoms with Gasteiger partial charge in [0.25, 0.3) is 5.91 Å². The maximum atomic E-state index is 13.5. The Morgan fingerprint density at radius 2 is 1.69 bits per heavy atom. The first-order valence-corrected chi connectivity index (χ1v) is 13.0. The van der Waals surface area contributed by atoms with E-state index in [2.05, 4.69) is 0 Å². The molecule has 0 fully saturated rings. The number of rotatable bonds is 9. The molecule has 0 aliphatic heterocycles. The first-order valence-electron chi connectivity index (χ1n) is 11.6. The molecule has 4 aromatic rings. The van der Waals surface area contributed by atoms with Crippen molar-refractivity contribution in [2.24, 2.45) is 0 Å². The summed E-state index contributed by atoms with van der Waals surface area (Å²) in [6.07, 6.45) is -3.24.